The summed E-state index contributed by atoms with van der Waals surface area (Å²) in [6.45, 7) is 5.88. The zero-order valence-electron chi connectivity index (χ0n) is 9.62. The number of rotatable bonds is 4. The normalized spacial score (nSPS) is 9.82. The number of carbonyl (C=O) groups is 1. The van der Waals surface area contributed by atoms with Gasteiger partial charge < -0.3 is 14.6 Å². The van der Waals surface area contributed by atoms with E-state index >= 15 is 0 Å². The van der Waals surface area contributed by atoms with Crippen LogP contribution in [0.4, 0.5) is 0 Å². The fourth-order valence-corrected chi connectivity index (χ4v) is 1.59. The van der Waals surface area contributed by atoms with E-state index in [9.17, 15) is 9.90 Å². The van der Waals surface area contributed by atoms with Crippen LogP contribution in [0.5, 0.6) is 11.5 Å². The van der Waals surface area contributed by atoms with Crippen LogP contribution in [-0.4, -0.2) is 24.8 Å². The quantitative estimate of drug-likeness (QED) is 0.686. The van der Waals surface area contributed by atoms with Crippen LogP contribution >= 0.6 is 15.9 Å². The number of carbonyl (C=O) groups excluding carboxylic acids is 1. The smallest absolute Gasteiger partial charge is 0.341 e. The third-order valence-corrected chi connectivity index (χ3v) is 2.55. The highest BCUT2D eigenvalue weighted by Gasteiger charge is 2.15. The Hall–Kier alpha value is -1.49. The number of esters is 1. The van der Waals surface area contributed by atoms with E-state index in [2.05, 4.69) is 27.2 Å². The molecule has 17 heavy (non-hydrogen) atoms. The minimum absolute atomic E-state index is 0.0852. The molecule has 92 valence electrons. The number of aromatic hydroxyl groups is 1. The van der Waals surface area contributed by atoms with Crippen molar-refractivity contribution in [1.82, 2.24) is 0 Å². The van der Waals surface area contributed by atoms with Crippen LogP contribution in [0.1, 0.15) is 17.3 Å². The van der Waals surface area contributed by atoms with Crippen LogP contribution in [-0.2, 0) is 4.74 Å². The molecule has 0 heterocycles. The van der Waals surface area contributed by atoms with Crippen molar-refractivity contribution in [1.29, 1.82) is 0 Å². The van der Waals surface area contributed by atoms with Crippen LogP contribution in [0, 0.1) is 0 Å². The predicted octanol–water partition coefficient (Wildman–Crippen LogP) is 2.90. The lowest BCUT2D eigenvalue weighted by atomic mass is 10.2. The molecule has 0 saturated carbocycles. The maximum Gasteiger partial charge on any atom is 0.341 e. The summed E-state index contributed by atoms with van der Waals surface area (Å²) in [4.78, 5) is 11.3. The SMILES string of the molecule is C=C(C)COc1cc(O)c(C(=O)OC)cc1Br. The number of ether oxygens (including phenoxy) is 2. The summed E-state index contributed by atoms with van der Waals surface area (Å²) in [5, 5.41) is 9.66. The Kier molecular flexibility index (Phi) is 4.57. The van der Waals surface area contributed by atoms with Crippen LogP contribution in [0.3, 0.4) is 0 Å². The largest absolute Gasteiger partial charge is 0.507 e. The maximum atomic E-state index is 11.3. The molecule has 0 radical (unpaired) electrons. The predicted molar refractivity (Wildman–Crippen MR) is 67.5 cm³/mol. The molecule has 0 aromatic heterocycles. The van der Waals surface area contributed by atoms with E-state index in [0.717, 1.165) is 5.57 Å². The molecular formula is C12H13BrO4. The summed E-state index contributed by atoms with van der Waals surface area (Å²) in [5.41, 5.74) is 0.940. The van der Waals surface area contributed by atoms with E-state index in [-0.39, 0.29) is 11.3 Å². The van der Waals surface area contributed by atoms with Gasteiger partial charge >= 0.3 is 5.97 Å². The molecule has 0 aliphatic carbocycles. The number of hydrogen-bond acceptors (Lipinski definition) is 4. The summed E-state index contributed by atoms with van der Waals surface area (Å²) in [5.74, 6) is -0.343. The molecule has 0 aliphatic rings. The summed E-state index contributed by atoms with van der Waals surface area (Å²) in [6, 6.07) is 2.81. The second-order valence-corrected chi connectivity index (χ2v) is 4.39. The van der Waals surface area contributed by atoms with Gasteiger partial charge in [-0.2, -0.15) is 0 Å². The van der Waals surface area contributed by atoms with Gasteiger partial charge in [-0.15, -0.1) is 0 Å². The molecule has 0 amide bonds. The fraction of sp³-hybridized carbons (Fsp3) is 0.250. The van der Waals surface area contributed by atoms with Gasteiger partial charge in [0.25, 0.3) is 0 Å². The topological polar surface area (TPSA) is 55.8 Å². The molecule has 4 nitrogen and oxygen atoms in total. The molecule has 1 N–H and O–H groups in total. The number of phenolic OH excluding ortho intramolecular Hbond substituents is 1. The van der Waals surface area contributed by atoms with Crippen molar-refractivity contribution in [2.75, 3.05) is 13.7 Å². The molecule has 0 unspecified atom stereocenters. The first kappa shape index (κ1) is 13.6. The molecule has 0 aliphatic heterocycles. The molecule has 0 saturated heterocycles. The number of benzene rings is 1. The Morgan fingerprint density at radius 2 is 2.18 bits per heavy atom. The van der Waals surface area contributed by atoms with Crippen LogP contribution in [0.25, 0.3) is 0 Å². The molecule has 1 aromatic carbocycles. The second kappa shape index (κ2) is 5.72. The average Bonchev–Trinajstić information content (AvgIpc) is 2.28. The van der Waals surface area contributed by atoms with Gasteiger partial charge in [0.2, 0.25) is 0 Å². The summed E-state index contributed by atoms with van der Waals surface area (Å²) in [7, 11) is 1.25. The van der Waals surface area contributed by atoms with E-state index in [4.69, 9.17) is 4.74 Å². The van der Waals surface area contributed by atoms with Crippen molar-refractivity contribution in [3.8, 4) is 11.5 Å². The third kappa shape index (κ3) is 3.49. The van der Waals surface area contributed by atoms with E-state index < -0.39 is 5.97 Å². The van der Waals surface area contributed by atoms with Gasteiger partial charge in [-0.1, -0.05) is 6.58 Å². The maximum absolute atomic E-state index is 11.3. The van der Waals surface area contributed by atoms with Gasteiger partial charge in [0.05, 0.1) is 11.6 Å². The first-order valence-corrected chi connectivity index (χ1v) is 5.63. The van der Waals surface area contributed by atoms with Crippen molar-refractivity contribution in [3.63, 3.8) is 0 Å². The van der Waals surface area contributed by atoms with E-state index in [0.29, 0.717) is 16.8 Å². The monoisotopic (exact) mass is 300 g/mol. The average molecular weight is 301 g/mol. The first-order chi connectivity index (χ1) is 7.95. The van der Waals surface area contributed by atoms with Crippen molar-refractivity contribution < 1.29 is 19.4 Å². The van der Waals surface area contributed by atoms with Gasteiger partial charge in [0.1, 0.15) is 23.7 Å². The Balaban J connectivity index is 3.01. The van der Waals surface area contributed by atoms with Crippen molar-refractivity contribution in [2.45, 2.75) is 6.92 Å². The number of hydrogen-bond donors (Lipinski definition) is 1. The zero-order chi connectivity index (χ0) is 13.0. The highest BCUT2D eigenvalue weighted by Crippen LogP contribution is 2.32. The highest BCUT2D eigenvalue weighted by atomic mass is 79.9. The zero-order valence-corrected chi connectivity index (χ0v) is 11.2. The lowest BCUT2D eigenvalue weighted by molar-refractivity contribution is 0.0597. The number of halogens is 1. The first-order valence-electron chi connectivity index (χ1n) is 4.83. The summed E-state index contributed by atoms with van der Waals surface area (Å²) in [6.07, 6.45) is 0. The molecule has 0 atom stereocenters. The van der Waals surface area contributed by atoms with Crippen molar-refractivity contribution >= 4 is 21.9 Å². The lowest BCUT2D eigenvalue weighted by Gasteiger charge is -2.10. The minimum Gasteiger partial charge on any atom is -0.507 e. The molecule has 0 bridgehead atoms. The van der Waals surface area contributed by atoms with Gasteiger partial charge in [-0.25, -0.2) is 4.79 Å². The fourth-order valence-electron chi connectivity index (χ4n) is 1.13. The standard InChI is InChI=1S/C12H13BrO4/c1-7(2)6-17-11-5-10(14)8(4-9(11)13)12(15)16-3/h4-5,14H,1,6H2,2-3H3. The molecule has 1 rings (SSSR count). The molecule has 1 aromatic rings. The molecular weight excluding hydrogens is 288 g/mol. The van der Waals surface area contributed by atoms with Crippen molar-refractivity contribution in [2.24, 2.45) is 0 Å². The second-order valence-electron chi connectivity index (χ2n) is 3.54. The number of methoxy groups -OCH3 is 1. The Morgan fingerprint density at radius 3 is 2.71 bits per heavy atom. The summed E-state index contributed by atoms with van der Waals surface area (Å²) >= 11 is 3.26. The van der Waals surface area contributed by atoms with Crippen LogP contribution in [0.2, 0.25) is 0 Å². The van der Waals surface area contributed by atoms with Gasteiger partial charge in [0.15, 0.2) is 0 Å². The van der Waals surface area contributed by atoms with E-state index in [1.54, 1.807) is 0 Å². The summed E-state index contributed by atoms with van der Waals surface area (Å²) < 4.78 is 10.5. The number of phenols is 1. The molecule has 0 fully saturated rings. The van der Waals surface area contributed by atoms with Crippen molar-refractivity contribution in [3.05, 3.63) is 34.3 Å². The van der Waals surface area contributed by atoms with Gasteiger partial charge in [-0.3, -0.25) is 0 Å². The van der Waals surface area contributed by atoms with E-state index in [1.165, 1.54) is 19.2 Å². The van der Waals surface area contributed by atoms with Gasteiger partial charge in [-0.05, 0) is 34.5 Å². The van der Waals surface area contributed by atoms with Crippen LogP contribution < -0.4 is 4.74 Å². The van der Waals surface area contributed by atoms with E-state index in [1.807, 2.05) is 6.92 Å². The minimum atomic E-state index is -0.602. The molecule has 0 spiro atoms. The third-order valence-electron chi connectivity index (χ3n) is 1.93. The van der Waals surface area contributed by atoms with Gasteiger partial charge in [0, 0.05) is 6.07 Å². The Bertz CT molecular complexity index is 454. The Labute approximate surface area is 108 Å². The Morgan fingerprint density at radius 1 is 1.53 bits per heavy atom. The van der Waals surface area contributed by atoms with Crippen LogP contribution in [0.15, 0.2) is 28.8 Å². The lowest BCUT2D eigenvalue weighted by Crippen LogP contribution is -2.03. The molecule has 5 heteroatoms. The highest BCUT2D eigenvalue weighted by molar-refractivity contribution is 9.10.